The molecule has 0 aliphatic carbocycles. The van der Waals surface area contributed by atoms with Gasteiger partial charge in [-0.05, 0) is 24.3 Å². The summed E-state index contributed by atoms with van der Waals surface area (Å²) >= 11 is 0. The van der Waals surface area contributed by atoms with E-state index in [0.717, 1.165) is 43.2 Å². The average molecular weight is 351 g/mol. The van der Waals surface area contributed by atoms with Gasteiger partial charge in [-0.1, -0.05) is 30.3 Å². The van der Waals surface area contributed by atoms with Crippen LogP contribution in [0.15, 0.2) is 59.4 Å². The smallest absolute Gasteiger partial charge is 0.370 e. The Bertz CT molecular complexity index is 925. The van der Waals surface area contributed by atoms with Gasteiger partial charge >= 0.3 is 5.69 Å². The van der Waals surface area contributed by atoms with E-state index in [4.69, 9.17) is 4.74 Å². The number of ether oxygens (including phenoxy) is 1. The summed E-state index contributed by atoms with van der Waals surface area (Å²) in [4.78, 5) is 19.0. The number of hydrogen-bond acceptors (Lipinski definition) is 5. The van der Waals surface area contributed by atoms with Crippen LogP contribution in [0.3, 0.4) is 0 Å². The molecule has 0 radical (unpaired) electrons. The first kappa shape index (κ1) is 16.4. The van der Waals surface area contributed by atoms with Crippen LogP contribution in [-0.2, 0) is 0 Å². The predicted molar refractivity (Wildman–Crippen MR) is 101 cm³/mol. The summed E-state index contributed by atoms with van der Waals surface area (Å²) in [5.74, 6) is 1.40. The van der Waals surface area contributed by atoms with Crippen molar-refractivity contribution >= 4 is 0 Å². The molecule has 1 aliphatic rings. The minimum atomic E-state index is -0.299. The molecule has 2 aromatic carbocycles. The Hall–Kier alpha value is -3.06. The van der Waals surface area contributed by atoms with Crippen molar-refractivity contribution in [1.82, 2.24) is 19.8 Å². The van der Waals surface area contributed by atoms with Crippen LogP contribution in [0.2, 0.25) is 0 Å². The Morgan fingerprint density at radius 2 is 1.69 bits per heavy atom. The fourth-order valence-corrected chi connectivity index (χ4v) is 3.17. The van der Waals surface area contributed by atoms with Gasteiger partial charge in [0, 0.05) is 31.7 Å². The summed E-state index contributed by atoms with van der Waals surface area (Å²) in [5.41, 5.74) is 1.37. The molecule has 0 atom stereocenters. The van der Waals surface area contributed by atoms with Gasteiger partial charge < -0.3 is 10.1 Å². The highest BCUT2D eigenvalue weighted by molar-refractivity contribution is 5.55. The Balaban J connectivity index is 1.89. The quantitative estimate of drug-likeness (QED) is 0.766. The number of benzene rings is 2. The third-order valence-electron chi connectivity index (χ3n) is 4.47. The number of methoxy groups -OCH3 is 1. The molecule has 0 unspecified atom stereocenters. The SMILES string of the molecule is COc1ccc(-n2c(=O)nc(-c3ccccc3)n2N2CCNCC2)cc1. The van der Waals surface area contributed by atoms with Crippen LogP contribution in [0.25, 0.3) is 17.1 Å². The van der Waals surface area contributed by atoms with Crippen molar-refractivity contribution in [2.24, 2.45) is 0 Å². The Kier molecular flexibility index (Phi) is 4.45. The molecule has 0 amide bonds. The zero-order valence-electron chi connectivity index (χ0n) is 14.6. The number of rotatable bonds is 4. The molecule has 0 spiro atoms. The first-order valence-electron chi connectivity index (χ1n) is 8.66. The van der Waals surface area contributed by atoms with E-state index in [0.29, 0.717) is 5.82 Å². The van der Waals surface area contributed by atoms with Crippen molar-refractivity contribution in [2.75, 3.05) is 38.3 Å². The molecule has 0 bridgehead atoms. The van der Waals surface area contributed by atoms with Gasteiger partial charge in [-0.15, -0.1) is 0 Å². The highest BCUT2D eigenvalue weighted by atomic mass is 16.5. The lowest BCUT2D eigenvalue weighted by molar-refractivity contribution is 0.414. The van der Waals surface area contributed by atoms with E-state index >= 15 is 0 Å². The van der Waals surface area contributed by atoms with Gasteiger partial charge in [0.05, 0.1) is 12.8 Å². The molecule has 3 aromatic rings. The van der Waals surface area contributed by atoms with Crippen LogP contribution in [0, 0.1) is 0 Å². The lowest BCUT2D eigenvalue weighted by Gasteiger charge is -2.32. The molecule has 7 heteroatoms. The molecule has 7 nitrogen and oxygen atoms in total. The normalized spacial score (nSPS) is 14.4. The Labute approximate surface area is 151 Å². The minimum absolute atomic E-state index is 0.299. The number of aromatic nitrogens is 3. The first-order chi connectivity index (χ1) is 12.8. The molecular formula is C19H21N5O2. The standard InChI is InChI=1S/C19H21N5O2/c1-26-17-9-7-16(8-10-17)23-19(25)21-18(15-5-3-2-4-6-15)24(23)22-13-11-20-12-14-22/h2-10,20H,11-14H2,1H3. The zero-order valence-corrected chi connectivity index (χ0v) is 14.6. The number of hydrogen-bond donors (Lipinski definition) is 1. The lowest BCUT2D eigenvalue weighted by atomic mass is 10.2. The fraction of sp³-hybridized carbons (Fsp3) is 0.263. The van der Waals surface area contributed by atoms with Crippen LogP contribution in [-0.4, -0.2) is 47.7 Å². The van der Waals surface area contributed by atoms with Crippen LogP contribution in [0.5, 0.6) is 5.75 Å². The van der Waals surface area contributed by atoms with E-state index in [-0.39, 0.29) is 5.69 Å². The first-order valence-corrected chi connectivity index (χ1v) is 8.66. The van der Waals surface area contributed by atoms with Gasteiger partial charge in [-0.3, -0.25) is 5.01 Å². The van der Waals surface area contributed by atoms with Gasteiger partial charge in [-0.2, -0.15) is 14.5 Å². The number of piperazine rings is 1. The summed E-state index contributed by atoms with van der Waals surface area (Å²) in [5, 5.41) is 5.50. The van der Waals surface area contributed by atoms with Gasteiger partial charge in [0.2, 0.25) is 0 Å². The summed E-state index contributed by atoms with van der Waals surface area (Å²) in [7, 11) is 1.62. The van der Waals surface area contributed by atoms with Gasteiger partial charge in [0.15, 0.2) is 5.82 Å². The van der Waals surface area contributed by atoms with Crippen LogP contribution in [0.4, 0.5) is 0 Å². The van der Waals surface area contributed by atoms with E-state index in [1.165, 1.54) is 0 Å². The third kappa shape index (κ3) is 2.97. The summed E-state index contributed by atoms with van der Waals surface area (Å²) in [6, 6.07) is 17.2. The maximum Gasteiger partial charge on any atom is 0.370 e. The maximum atomic E-state index is 12.8. The molecular weight excluding hydrogens is 330 g/mol. The van der Waals surface area contributed by atoms with E-state index in [1.54, 1.807) is 11.8 Å². The van der Waals surface area contributed by atoms with Crippen molar-refractivity contribution < 1.29 is 4.74 Å². The number of nitrogens with zero attached hydrogens (tertiary/aromatic N) is 4. The molecule has 4 rings (SSSR count). The Morgan fingerprint density at radius 1 is 1.00 bits per heavy atom. The lowest BCUT2D eigenvalue weighted by Crippen LogP contribution is -2.51. The Morgan fingerprint density at radius 3 is 2.35 bits per heavy atom. The van der Waals surface area contributed by atoms with Crippen molar-refractivity contribution in [3.63, 3.8) is 0 Å². The third-order valence-corrected chi connectivity index (χ3v) is 4.47. The molecule has 1 aliphatic heterocycles. The summed E-state index contributed by atoms with van der Waals surface area (Å²) in [6.07, 6.45) is 0. The molecule has 1 saturated heterocycles. The van der Waals surface area contributed by atoms with E-state index in [9.17, 15) is 4.79 Å². The zero-order chi connectivity index (χ0) is 17.9. The molecule has 26 heavy (non-hydrogen) atoms. The topological polar surface area (TPSA) is 64.3 Å². The summed E-state index contributed by atoms with van der Waals surface area (Å²) in [6.45, 7) is 3.32. The average Bonchev–Trinajstić information content (AvgIpc) is 3.06. The molecule has 1 aromatic heterocycles. The van der Waals surface area contributed by atoms with Crippen molar-refractivity contribution in [1.29, 1.82) is 0 Å². The van der Waals surface area contributed by atoms with E-state index in [2.05, 4.69) is 15.3 Å². The van der Waals surface area contributed by atoms with Crippen molar-refractivity contribution in [3.8, 4) is 22.8 Å². The van der Waals surface area contributed by atoms with E-state index in [1.807, 2.05) is 59.4 Å². The molecule has 2 heterocycles. The highest BCUT2D eigenvalue weighted by Gasteiger charge is 2.22. The van der Waals surface area contributed by atoms with Crippen LogP contribution in [0.1, 0.15) is 0 Å². The second kappa shape index (κ2) is 7.05. The fourth-order valence-electron chi connectivity index (χ4n) is 3.17. The second-order valence-corrected chi connectivity index (χ2v) is 6.09. The highest BCUT2D eigenvalue weighted by Crippen LogP contribution is 2.20. The number of nitrogens with one attached hydrogen (secondary N) is 1. The monoisotopic (exact) mass is 351 g/mol. The maximum absolute atomic E-state index is 12.8. The van der Waals surface area contributed by atoms with Gasteiger partial charge in [0.1, 0.15) is 5.75 Å². The van der Waals surface area contributed by atoms with Crippen molar-refractivity contribution in [2.45, 2.75) is 0 Å². The minimum Gasteiger partial charge on any atom is -0.497 e. The molecule has 1 fully saturated rings. The van der Waals surface area contributed by atoms with E-state index < -0.39 is 0 Å². The van der Waals surface area contributed by atoms with Crippen molar-refractivity contribution in [3.05, 3.63) is 65.1 Å². The predicted octanol–water partition coefficient (Wildman–Crippen LogP) is 1.25. The largest absolute Gasteiger partial charge is 0.497 e. The molecule has 134 valence electrons. The van der Waals surface area contributed by atoms with Gasteiger partial charge in [0.25, 0.3) is 0 Å². The van der Waals surface area contributed by atoms with Crippen LogP contribution >= 0.6 is 0 Å². The van der Waals surface area contributed by atoms with Gasteiger partial charge in [-0.25, -0.2) is 4.79 Å². The summed E-state index contributed by atoms with van der Waals surface area (Å²) < 4.78 is 6.85. The molecule has 1 N–H and O–H groups in total. The second-order valence-electron chi connectivity index (χ2n) is 6.09. The van der Waals surface area contributed by atoms with Crippen LogP contribution < -0.4 is 20.8 Å². The molecule has 0 saturated carbocycles.